The van der Waals surface area contributed by atoms with Gasteiger partial charge in [0, 0.05) is 17.3 Å². The fraction of sp³-hybridized carbons (Fsp3) is 0.0556. The van der Waals surface area contributed by atoms with E-state index in [4.69, 9.17) is 0 Å². The first kappa shape index (κ1) is 16.4. The minimum Gasteiger partial charge on any atom is -0.453 e. The summed E-state index contributed by atoms with van der Waals surface area (Å²) in [6.07, 6.45) is 0.740. The fourth-order valence-corrected chi connectivity index (χ4v) is 2.35. The molecule has 0 bridgehead atoms. The van der Waals surface area contributed by atoms with Gasteiger partial charge in [0.05, 0.1) is 12.8 Å². The summed E-state index contributed by atoms with van der Waals surface area (Å²) in [7, 11) is 1.17. The normalized spacial score (nSPS) is 10.3. The third kappa shape index (κ3) is 3.55. The van der Waals surface area contributed by atoms with Crippen LogP contribution < -0.4 is 10.6 Å². The molecule has 2 aromatic carbocycles. The van der Waals surface area contributed by atoms with Gasteiger partial charge in [-0.25, -0.2) is 9.18 Å². The number of ether oxygens (including phenoxy) is 1. The predicted octanol–water partition coefficient (Wildman–Crippen LogP) is 3.80. The summed E-state index contributed by atoms with van der Waals surface area (Å²) in [5.74, 6) is -1.08. The van der Waals surface area contributed by atoms with Crippen LogP contribution in [0.1, 0.15) is 10.5 Å². The van der Waals surface area contributed by atoms with Crippen molar-refractivity contribution in [3.8, 4) is 0 Å². The van der Waals surface area contributed by atoms with Crippen molar-refractivity contribution in [2.24, 2.45) is 0 Å². The molecule has 3 aromatic rings. The average molecular weight is 339 g/mol. The van der Waals surface area contributed by atoms with Gasteiger partial charge in [0.25, 0.3) is 5.91 Å². The lowest BCUT2D eigenvalue weighted by molar-refractivity contribution is 0.102. The molecule has 2 amide bonds. The molecule has 1 aromatic heterocycles. The third-order valence-corrected chi connectivity index (χ3v) is 3.54. The van der Waals surface area contributed by atoms with Gasteiger partial charge in [0.15, 0.2) is 0 Å². The van der Waals surface area contributed by atoms with E-state index < -0.39 is 17.8 Å². The number of hydrogen-bond donors (Lipinski definition) is 2. The van der Waals surface area contributed by atoms with Crippen molar-refractivity contribution < 1.29 is 18.7 Å². The molecule has 0 unspecified atom stereocenters. The van der Waals surface area contributed by atoms with Gasteiger partial charge < -0.3 is 10.1 Å². The van der Waals surface area contributed by atoms with Gasteiger partial charge in [-0.3, -0.25) is 15.1 Å². The van der Waals surface area contributed by atoms with Crippen molar-refractivity contribution in [3.63, 3.8) is 0 Å². The number of rotatable bonds is 3. The SMILES string of the molecule is COC(=O)Nc1cc(NC(=O)c2nccc3ccccc23)ccc1F. The van der Waals surface area contributed by atoms with Gasteiger partial charge in [0.2, 0.25) is 0 Å². The Bertz CT molecular complexity index is 954. The summed E-state index contributed by atoms with van der Waals surface area (Å²) >= 11 is 0. The van der Waals surface area contributed by atoms with E-state index in [-0.39, 0.29) is 11.4 Å². The number of carbonyl (C=O) groups is 2. The Hall–Kier alpha value is -3.48. The highest BCUT2D eigenvalue weighted by Gasteiger charge is 2.13. The van der Waals surface area contributed by atoms with Crippen LogP contribution in [0.5, 0.6) is 0 Å². The first-order chi connectivity index (χ1) is 12.1. The molecule has 6 nitrogen and oxygen atoms in total. The highest BCUT2D eigenvalue weighted by Crippen LogP contribution is 2.22. The molecule has 0 radical (unpaired) electrons. The smallest absolute Gasteiger partial charge is 0.411 e. The number of nitrogens with one attached hydrogen (secondary N) is 2. The number of aromatic nitrogens is 1. The average Bonchev–Trinajstić information content (AvgIpc) is 2.63. The van der Waals surface area contributed by atoms with Crippen LogP contribution in [-0.2, 0) is 4.74 Å². The lowest BCUT2D eigenvalue weighted by Crippen LogP contribution is -2.15. The maximum absolute atomic E-state index is 13.7. The molecule has 0 spiro atoms. The van der Waals surface area contributed by atoms with E-state index in [9.17, 15) is 14.0 Å². The predicted molar refractivity (Wildman–Crippen MR) is 92.1 cm³/mol. The molecule has 0 fully saturated rings. The number of pyridine rings is 1. The first-order valence-electron chi connectivity index (χ1n) is 7.38. The van der Waals surface area contributed by atoms with Crippen LogP contribution in [0.25, 0.3) is 10.8 Å². The van der Waals surface area contributed by atoms with Crippen LogP contribution in [0, 0.1) is 5.82 Å². The molecule has 126 valence electrons. The number of methoxy groups -OCH3 is 1. The minimum atomic E-state index is -0.807. The number of carbonyl (C=O) groups excluding carboxylic acids is 2. The largest absolute Gasteiger partial charge is 0.453 e. The summed E-state index contributed by atoms with van der Waals surface area (Å²) in [6, 6.07) is 13.0. The number of hydrogen-bond acceptors (Lipinski definition) is 4. The molecule has 0 atom stereocenters. The van der Waals surface area contributed by atoms with Gasteiger partial charge in [-0.1, -0.05) is 24.3 Å². The molecule has 2 N–H and O–H groups in total. The summed E-state index contributed by atoms with van der Waals surface area (Å²) in [6.45, 7) is 0. The van der Waals surface area contributed by atoms with E-state index in [2.05, 4.69) is 20.4 Å². The molecule has 0 aliphatic heterocycles. The van der Waals surface area contributed by atoms with E-state index >= 15 is 0 Å². The summed E-state index contributed by atoms with van der Waals surface area (Å²) in [5.41, 5.74) is 0.466. The Morgan fingerprint density at radius 3 is 2.68 bits per heavy atom. The highest BCUT2D eigenvalue weighted by atomic mass is 19.1. The van der Waals surface area contributed by atoms with Crippen molar-refractivity contribution in [2.75, 3.05) is 17.7 Å². The number of fused-ring (bicyclic) bond motifs is 1. The number of anilines is 2. The van der Waals surface area contributed by atoms with E-state index in [1.54, 1.807) is 12.3 Å². The van der Waals surface area contributed by atoms with Crippen LogP contribution >= 0.6 is 0 Å². The van der Waals surface area contributed by atoms with Gasteiger partial charge >= 0.3 is 6.09 Å². The van der Waals surface area contributed by atoms with Crippen molar-refractivity contribution in [3.05, 3.63) is 66.2 Å². The number of nitrogens with zero attached hydrogens (tertiary/aromatic N) is 1. The Morgan fingerprint density at radius 2 is 1.88 bits per heavy atom. The van der Waals surface area contributed by atoms with Crippen LogP contribution in [0.15, 0.2) is 54.7 Å². The Labute approximate surface area is 142 Å². The monoisotopic (exact) mass is 339 g/mol. The fourth-order valence-electron chi connectivity index (χ4n) is 2.35. The molecule has 0 saturated carbocycles. The molecular weight excluding hydrogens is 325 g/mol. The topological polar surface area (TPSA) is 80.3 Å². The Balaban J connectivity index is 1.88. The Morgan fingerprint density at radius 1 is 1.08 bits per heavy atom. The highest BCUT2D eigenvalue weighted by molar-refractivity contribution is 6.11. The molecule has 3 rings (SSSR count). The maximum Gasteiger partial charge on any atom is 0.411 e. The van der Waals surface area contributed by atoms with Crippen LogP contribution in [-0.4, -0.2) is 24.1 Å². The molecular formula is C18H14FN3O3. The molecule has 1 heterocycles. The van der Waals surface area contributed by atoms with E-state index in [0.717, 1.165) is 11.5 Å². The zero-order valence-corrected chi connectivity index (χ0v) is 13.2. The van der Waals surface area contributed by atoms with E-state index in [1.165, 1.54) is 19.2 Å². The third-order valence-electron chi connectivity index (χ3n) is 3.54. The maximum atomic E-state index is 13.7. The number of halogens is 1. The molecule has 25 heavy (non-hydrogen) atoms. The van der Waals surface area contributed by atoms with E-state index in [0.29, 0.717) is 11.1 Å². The van der Waals surface area contributed by atoms with Gasteiger partial charge in [-0.15, -0.1) is 0 Å². The van der Waals surface area contributed by atoms with Gasteiger partial charge in [-0.05, 0) is 29.7 Å². The first-order valence-corrected chi connectivity index (χ1v) is 7.38. The number of benzene rings is 2. The second kappa shape index (κ2) is 6.96. The minimum absolute atomic E-state index is 0.101. The molecule has 0 aliphatic carbocycles. The van der Waals surface area contributed by atoms with Gasteiger partial charge in [-0.2, -0.15) is 0 Å². The molecule has 0 aliphatic rings. The van der Waals surface area contributed by atoms with Crippen molar-refractivity contribution >= 4 is 34.1 Å². The molecule has 7 heteroatoms. The zero-order valence-electron chi connectivity index (χ0n) is 13.2. The van der Waals surface area contributed by atoms with Crippen molar-refractivity contribution in [1.29, 1.82) is 0 Å². The standard InChI is InChI=1S/C18H14FN3O3/c1-25-18(24)22-15-10-12(6-7-14(15)19)21-17(23)16-13-5-3-2-4-11(13)8-9-20-16/h2-10H,1H3,(H,21,23)(H,22,24). The summed E-state index contributed by atoms with van der Waals surface area (Å²) in [4.78, 5) is 27.9. The van der Waals surface area contributed by atoms with Crippen LogP contribution in [0.3, 0.4) is 0 Å². The summed E-state index contributed by atoms with van der Waals surface area (Å²) in [5, 5.41) is 6.48. The second-order valence-electron chi connectivity index (χ2n) is 5.15. The number of amides is 2. The van der Waals surface area contributed by atoms with Crippen molar-refractivity contribution in [2.45, 2.75) is 0 Å². The van der Waals surface area contributed by atoms with Crippen LogP contribution in [0.2, 0.25) is 0 Å². The Kier molecular flexibility index (Phi) is 4.56. The lowest BCUT2D eigenvalue weighted by atomic mass is 10.1. The van der Waals surface area contributed by atoms with E-state index in [1.807, 2.05) is 24.3 Å². The molecule has 0 saturated heterocycles. The van der Waals surface area contributed by atoms with Gasteiger partial charge in [0.1, 0.15) is 11.5 Å². The lowest BCUT2D eigenvalue weighted by Gasteiger charge is -2.10. The summed E-state index contributed by atoms with van der Waals surface area (Å²) < 4.78 is 18.2. The van der Waals surface area contributed by atoms with Crippen molar-refractivity contribution in [1.82, 2.24) is 4.98 Å². The zero-order chi connectivity index (χ0) is 17.8. The second-order valence-corrected chi connectivity index (χ2v) is 5.15. The quantitative estimate of drug-likeness (QED) is 0.760. The van der Waals surface area contributed by atoms with Crippen LogP contribution in [0.4, 0.5) is 20.6 Å².